The van der Waals surface area contributed by atoms with Crippen molar-refractivity contribution < 1.29 is 29.3 Å². The number of carboxylic acids is 2. The van der Waals surface area contributed by atoms with Crippen molar-refractivity contribution in [2.24, 2.45) is 5.73 Å². The Morgan fingerprint density at radius 3 is 2.25 bits per heavy atom. The molecule has 5 N–H and O–H groups in total. The molecule has 1 aromatic carbocycles. The van der Waals surface area contributed by atoms with Gasteiger partial charge in [-0.3, -0.25) is 9.59 Å². The third kappa shape index (κ3) is 10.5. The zero-order valence-electron chi connectivity index (χ0n) is 16.1. The molecule has 1 aromatic rings. The average Bonchev–Trinajstić information content (AvgIpc) is 2.65. The minimum absolute atomic E-state index is 0.0197. The van der Waals surface area contributed by atoms with Gasteiger partial charge in [-0.25, -0.2) is 4.79 Å². The number of hydrogen-bond donors (Lipinski definition) is 4. The molecule has 0 radical (unpaired) electrons. The van der Waals surface area contributed by atoms with Gasteiger partial charge in [0.05, 0.1) is 6.61 Å². The number of carbonyl (C=O) groups is 3. The van der Waals surface area contributed by atoms with Crippen LogP contribution in [0.1, 0.15) is 50.5 Å². The maximum Gasteiger partial charge on any atom is 0.326 e. The lowest BCUT2D eigenvalue weighted by Crippen LogP contribution is -2.42. The molecule has 1 unspecified atom stereocenters. The summed E-state index contributed by atoms with van der Waals surface area (Å²) in [6.45, 7) is 1.33. The molecule has 1 atom stereocenters. The van der Waals surface area contributed by atoms with Gasteiger partial charge >= 0.3 is 11.9 Å². The topological polar surface area (TPSA) is 139 Å². The summed E-state index contributed by atoms with van der Waals surface area (Å²) in [5.41, 5.74) is 6.21. The van der Waals surface area contributed by atoms with E-state index in [1.807, 2.05) is 0 Å². The third-order valence-corrected chi connectivity index (χ3v) is 4.16. The lowest BCUT2D eigenvalue weighted by Gasteiger charge is -2.15. The van der Waals surface area contributed by atoms with Gasteiger partial charge in [0, 0.05) is 19.3 Å². The van der Waals surface area contributed by atoms with Crippen LogP contribution in [0.5, 0.6) is 5.75 Å². The first-order valence-electron chi connectivity index (χ1n) is 9.58. The Bertz CT molecular complexity index is 618. The van der Waals surface area contributed by atoms with Crippen molar-refractivity contribution in [1.29, 1.82) is 0 Å². The fourth-order valence-corrected chi connectivity index (χ4v) is 2.61. The molecular formula is C20H30N2O6. The van der Waals surface area contributed by atoms with Gasteiger partial charge < -0.3 is 26.0 Å². The summed E-state index contributed by atoms with van der Waals surface area (Å²) in [6, 6.07) is 6.05. The van der Waals surface area contributed by atoms with Crippen molar-refractivity contribution in [3.63, 3.8) is 0 Å². The molecule has 0 aliphatic carbocycles. The highest BCUT2D eigenvalue weighted by Gasteiger charge is 2.20. The van der Waals surface area contributed by atoms with Crippen LogP contribution in [-0.2, 0) is 20.8 Å². The summed E-state index contributed by atoms with van der Waals surface area (Å²) in [7, 11) is 0. The van der Waals surface area contributed by atoms with E-state index >= 15 is 0 Å². The van der Waals surface area contributed by atoms with E-state index in [1.165, 1.54) is 0 Å². The van der Waals surface area contributed by atoms with Crippen molar-refractivity contribution in [3.8, 4) is 5.75 Å². The normalized spacial score (nSPS) is 11.6. The maximum atomic E-state index is 11.8. The van der Waals surface area contributed by atoms with Gasteiger partial charge in [0.2, 0.25) is 5.91 Å². The Kier molecular flexibility index (Phi) is 11.3. The molecule has 8 nitrogen and oxygen atoms in total. The maximum absolute atomic E-state index is 11.8. The van der Waals surface area contributed by atoms with Gasteiger partial charge in [0.25, 0.3) is 0 Å². The second kappa shape index (κ2) is 13.5. The third-order valence-electron chi connectivity index (χ3n) is 4.16. The lowest BCUT2D eigenvalue weighted by molar-refractivity contribution is -0.142. The molecule has 0 fully saturated rings. The Balaban J connectivity index is 2.42. The smallest absolute Gasteiger partial charge is 0.326 e. The number of aliphatic carboxylic acids is 2. The van der Waals surface area contributed by atoms with E-state index < -0.39 is 23.9 Å². The first kappa shape index (κ1) is 23.4. The predicted molar refractivity (Wildman–Crippen MR) is 104 cm³/mol. The number of benzene rings is 1. The van der Waals surface area contributed by atoms with Crippen molar-refractivity contribution in [1.82, 2.24) is 5.32 Å². The quantitative estimate of drug-likeness (QED) is 0.333. The molecule has 8 heteroatoms. The van der Waals surface area contributed by atoms with Crippen LogP contribution in [-0.4, -0.2) is 47.3 Å². The Hall–Kier alpha value is -2.61. The molecule has 156 valence electrons. The predicted octanol–water partition coefficient (Wildman–Crippen LogP) is 1.95. The number of ether oxygens (including phenoxy) is 1. The molecule has 0 saturated carbocycles. The minimum Gasteiger partial charge on any atom is -0.494 e. The average molecular weight is 394 g/mol. The van der Waals surface area contributed by atoms with Crippen LogP contribution in [0.25, 0.3) is 0 Å². The molecule has 1 rings (SSSR count). The summed E-state index contributed by atoms with van der Waals surface area (Å²) >= 11 is 0. The van der Waals surface area contributed by atoms with Crippen LogP contribution in [0.4, 0.5) is 0 Å². The standard InChI is InChI=1S/C20H30N2O6/c21-12-3-1-2-4-13-28-16-10-8-15(9-11-16)14-17(20(26)27)22-18(23)6-5-7-19(24)25/h8-11,17H,1-7,12-14,21H2,(H,22,23)(H,24,25)(H,26,27). The van der Waals surface area contributed by atoms with Crippen LogP contribution < -0.4 is 15.8 Å². The highest BCUT2D eigenvalue weighted by Crippen LogP contribution is 2.14. The van der Waals surface area contributed by atoms with Gasteiger partial charge in [-0.2, -0.15) is 0 Å². The second-order valence-electron chi connectivity index (χ2n) is 6.61. The van der Waals surface area contributed by atoms with E-state index in [0.717, 1.165) is 31.2 Å². The molecule has 0 bridgehead atoms. The molecule has 0 heterocycles. The van der Waals surface area contributed by atoms with Crippen LogP contribution in [0.2, 0.25) is 0 Å². The first-order valence-corrected chi connectivity index (χ1v) is 9.58. The SMILES string of the molecule is NCCCCCCOc1ccc(CC(NC(=O)CCCC(=O)O)C(=O)O)cc1. The van der Waals surface area contributed by atoms with Crippen LogP contribution in [0, 0.1) is 0 Å². The number of unbranched alkanes of at least 4 members (excludes halogenated alkanes) is 3. The first-order chi connectivity index (χ1) is 13.4. The second-order valence-corrected chi connectivity index (χ2v) is 6.61. The van der Waals surface area contributed by atoms with E-state index in [4.69, 9.17) is 15.6 Å². The van der Waals surface area contributed by atoms with Crippen LogP contribution in [0.3, 0.4) is 0 Å². The lowest BCUT2D eigenvalue weighted by atomic mass is 10.1. The van der Waals surface area contributed by atoms with Gasteiger partial charge in [-0.15, -0.1) is 0 Å². The van der Waals surface area contributed by atoms with E-state index in [9.17, 15) is 19.5 Å². The molecule has 0 spiro atoms. The molecule has 1 amide bonds. The molecular weight excluding hydrogens is 364 g/mol. The number of carboxylic acid groups (broad SMARTS) is 2. The van der Waals surface area contributed by atoms with Gasteiger partial charge in [-0.05, 0) is 43.5 Å². The van der Waals surface area contributed by atoms with E-state index in [-0.39, 0.29) is 25.7 Å². The molecule has 0 saturated heterocycles. The molecule has 28 heavy (non-hydrogen) atoms. The number of rotatable bonds is 15. The summed E-state index contributed by atoms with van der Waals surface area (Å²) in [5, 5.41) is 20.3. The Labute approximate surface area is 165 Å². The Morgan fingerprint density at radius 2 is 1.64 bits per heavy atom. The monoisotopic (exact) mass is 394 g/mol. The van der Waals surface area contributed by atoms with Crippen molar-refractivity contribution in [3.05, 3.63) is 29.8 Å². The van der Waals surface area contributed by atoms with E-state index in [1.54, 1.807) is 24.3 Å². The number of nitrogens with two attached hydrogens (primary N) is 1. The molecule has 0 aliphatic rings. The summed E-state index contributed by atoms with van der Waals surface area (Å²) in [5.74, 6) is -1.87. The van der Waals surface area contributed by atoms with E-state index in [2.05, 4.69) is 5.32 Å². The van der Waals surface area contributed by atoms with E-state index in [0.29, 0.717) is 18.9 Å². The summed E-state index contributed by atoms with van der Waals surface area (Å²) in [4.78, 5) is 33.7. The molecule has 0 aromatic heterocycles. The largest absolute Gasteiger partial charge is 0.494 e. The fraction of sp³-hybridized carbons (Fsp3) is 0.550. The van der Waals surface area contributed by atoms with Crippen molar-refractivity contribution in [2.45, 2.75) is 57.4 Å². The fourth-order valence-electron chi connectivity index (χ4n) is 2.61. The minimum atomic E-state index is -1.13. The molecule has 0 aliphatic heterocycles. The zero-order valence-corrected chi connectivity index (χ0v) is 16.1. The summed E-state index contributed by atoms with van der Waals surface area (Å²) in [6.07, 6.45) is 4.31. The van der Waals surface area contributed by atoms with Crippen LogP contribution in [0.15, 0.2) is 24.3 Å². The number of carbonyl (C=O) groups excluding carboxylic acids is 1. The number of nitrogens with one attached hydrogen (secondary N) is 1. The van der Waals surface area contributed by atoms with Gasteiger partial charge in [-0.1, -0.05) is 25.0 Å². The number of amides is 1. The highest BCUT2D eigenvalue weighted by molar-refractivity contribution is 5.84. The van der Waals surface area contributed by atoms with Crippen LogP contribution >= 0.6 is 0 Å². The van der Waals surface area contributed by atoms with Gasteiger partial charge in [0.1, 0.15) is 11.8 Å². The Morgan fingerprint density at radius 1 is 0.964 bits per heavy atom. The highest BCUT2D eigenvalue weighted by atomic mass is 16.5. The van der Waals surface area contributed by atoms with Gasteiger partial charge in [0.15, 0.2) is 0 Å². The van der Waals surface area contributed by atoms with Crippen molar-refractivity contribution in [2.75, 3.05) is 13.2 Å². The number of hydrogen-bond acceptors (Lipinski definition) is 5. The summed E-state index contributed by atoms with van der Waals surface area (Å²) < 4.78 is 5.66. The van der Waals surface area contributed by atoms with Crippen molar-refractivity contribution >= 4 is 17.8 Å². The zero-order chi connectivity index (χ0) is 20.8.